The molecule has 0 saturated carbocycles. The van der Waals surface area contributed by atoms with Crippen molar-refractivity contribution in [3.8, 4) is 11.3 Å². The van der Waals surface area contributed by atoms with E-state index in [9.17, 15) is 0 Å². The molecule has 4 heteroatoms. The lowest BCUT2D eigenvalue weighted by Gasteiger charge is -2.09. The maximum absolute atomic E-state index is 6.16. The number of rotatable bonds is 5. The molecule has 1 aliphatic rings. The molecular formula is C17H20ClNO2. The van der Waals surface area contributed by atoms with Gasteiger partial charge in [-0.2, -0.15) is 0 Å². The van der Waals surface area contributed by atoms with Gasteiger partial charge in [0.05, 0.1) is 12.6 Å². The summed E-state index contributed by atoms with van der Waals surface area (Å²) in [6.45, 7) is 4.49. The van der Waals surface area contributed by atoms with Gasteiger partial charge in [0.2, 0.25) is 0 Å². The van der Waals surface area contributed by atoms with E-state index in [1.807, 2.05) is 37.3 Å². The fourth-order valence-electron chi connectivity index (χ4n) is 2.54. The van der Waals surface area contributed by atoms with Crippen LogP contribution in [0.25, 0.3) is 11.3 Å². The van der Waals surface area contributed by atoms with E-state index in [-0.39, 0.29) is 0 Å². The van der Waals surface area contributed by atoms with Crippen molar-refractivity contribution >= 4 is 11.6 Å². The minimum absolute atomic E-state index is 0.357. The molecule has 2 heterocycles. The van der Waals surface area contributed by atoms with Crippen LogP contribution in [-0.4, -0.2) is 19.3 Å². The Balaban J connectivity index is 1.58. The third-order valence-corrected chi connectivity index (χ3v) is 4.22. The monoisotopic (exact) mass is 305 g/mol. The maximum atomic E-state index is 6.16. The zero-order valence-corrected chi connectivity index (χ0v) is 13.0. The van der Waals surface area contributed by atoms with Crippen molar-refractivity contribution in [1.82, 2.24) is 5.32 Å². The first-order chi connectivity index (χ1) is 10.2. The van der Waals surface area contributed by atoms with Gasteiger partial charge in [-0.25, -0.2) is 0 Å². The van der Waals surface area contributed by atoms with Crippen LogP contribution >= 0.6 is 11.6 Å². The Bertz CT molecular complexity index is 603. The van der Waals surface area contributed by atoms with E-state index in [2.05, 4.69) is 5.32 Å². The number of aryl methyl sites for hydroxylation is 1. The highest BCUT2D eigenvalue weighted by Crippen LogP contribution is 2.26. The molecule has 0 spiro atoms. The molecule has 0 radical (unpaired) electrons. The molecule has 1 saturated heterocycles. The molecule has 1 fully saturated rings. The molecule has 0 amide bonds. The van der Waals surface area contributed by atoms with Gasteiger partial charge in [-0.05, 0) is 43.5 Å². The third kappa shape index (κ3) is 3.67. The van der Waals surface area contributed by atoms with Crippen LogP contribution in [0.15, 0.2) is 34.7 Å². The lowest BCUT2D eigenvalue weighted by molar-refractivity contribution is 0.109. The molecule has 0 unspecified atom stereocenters. The Labute approximate surface area is 130 Å². The van der Waals surface area contributed by atoms with Gasteiger partial charge in [0.15, 0.2) is 0 Å². The molecule has 3 nitrogen and oxygen atoms in total. The van der Waals surface area contributed by atoms with Crippen molar-refractivity contribution < 1.29 is 9.15 Å². The summed E-state index contributed by atoms with van der Waals surface area (Å²) in [5.41, 5.74) is 2.08. The average Bonchev–Trinajstić information content (AvgIpc) is 3.13. The molecule has 1 aromatic carbocycles. The standard InChI is InChI=1S/C17H20ClNO2/c1-12-4-5-13(9-16(12)18)17-7-6-15(21-17)11-19-10-14-3-2-8-20-14/h4-7,9,14,19H,2-3,8,10-11H2,1H3/t14-/m0/s1. The van der Waals surface area contributed by atoms with Crippen LogP contribution < -0.4 is 5.32 Å². The minimum Gasteiger partial charge on any atom is -0.460 e. The molecule has 1 N–H and O–H groups in total. The number of hydrogen-bond donors (Lipinski definition) is 1. The first-order valence-electron chi connectivity index (χ1n) is 7.40. The second kappa shape index (κ2) is 6.65. The lowest BCUT2D eigenvalue weighted by atomic mass is 10.1. The Morgan fingerprint density at radius 2 is 2.19 bits per heavy atom. The van der Waals surface area contributed by atoms with Gasteiger partial charge in [-0.1, -0.05) is 23.7 Å². The van der Waals surface area contributed by atoms with E-state index in [0.29, 0.717) is 6.10 Å². The van der Waals surface area contributed by atoms with Crippen molar-refractivity contribution in [2.75, 3.05) is 13.2 Å². The van der Waals surface area contributed by atoms with E-state index in [1.165, 1.54) is 6.42 Å². The number of nitrogens with one attached hydrogen (secondary N) is 1. The van der Waals surface area contributed by atoms with Gasteiger partial charge in [0.25, 0.3) is 0 Å². The lowest BCUT2D eigenvalue weighted by Crippen LogP contribution is -2.25. The molecule has 3 rings (SSSR count). The van der Waals surface area contributed by atoms with Gasteiger partial charge < -0.3 is 14.5 Å². The molecule has 1 aromatic heterocycles. The summed E-state index contributed by atoms with van der Waals surface area (Å²) in [4.78, 5) is 0. The van der Waals surface area contributed by atoms with E-state index < -0.39 is 0 Å². The Kier molecular flexibility index (Phi) is 4.63. The van der Waals surface area contributed by atoms with E-state index in [1.54, 1.807) is 0 Å². The first-order valence-corrected chi connectivity index (χ1v) is 7.78. The normalized spacial score (nSPS) is 18.3. The third-order valence-electron chi connectivity index (χ3n) is 3.81. The first kappa shape index (κ1) is 14.6. The fraction of sp³-hybridized carbons (Fsp3) is 0.412. The predicted molar refractivity (Wildman–Crippen MR) is 84.6 cm³/mol. The SMILES string of the molecule is Cc1ccc(-c2ccc(CNC[C@@H]3CCCO3)o2)cc1Cl. The van der Waals surface area contributed by atoms with Gasteiger partial charge in [0, 0.05) is 23.7 Å². The summed E-state index contributed by atoms with van der Waals surface area (Å²) in [7, 11) is 0. The van der Waals surface area contributed by atoms with Crippen LogP contribution in [-0.2, 0) is 11.3 Å². The predicted octanol–water partition coefficient (Wildman–Crippen LogP) is 4.18. The zero-order chi connectivity index (χ0) is 14.7. The number of halogens is 1. The number of benzene rings is 1. The van der Waals surface area contributed by atoms with Crippen molar-refractivity contribution in [1.29, 1.82) is 0 Å². The van der Waals surface area contributed by atoms with Crippen LogP contribution in [0.1, 0.15) is 24.2 Å². The quantitative estimate of drug-likeness (QED) is 0.900. The molecule has 0 aliphatic carbocycles. The van der Waals surface area contributed by atoms with Gasteiger partial charge in [-0.15, -0.1) is 0 Å². The summed E-state index contributed by atoms with van der Waals surface area (Å²) in [5, 5.41) is 4.15. The van der Waals surface area contributed by atoms with E-state index >= 15 is 0 Å². The van der Waals surface area contributed by atoms with Gasteiger partial charge >= 0.3 is 0 Å². The van der Waals surface area contributed by atoms with Crippen molar-refractivity contribution in [3.05, 3.63) is 46.7 Å². The van der Waals surface area contributed by atoms with Crippen LogP contribution in [0.4, 0.5) is 0 Å². The summed E-state index contributed by atoms with van der Waals surface area (Å²) < 4.78 is 11.4. The molecule has 1 aliphatic heterocycles. The van der Waals surface area contributed by atoms with Gasteiger partial charge in [0.1, 0.15) is 11.5 Å². The molecule has 1 atom stereocenters. The van der Waals surface area contributed by atoms with Crippen molar-refractivity contribution in [2.45, 2.75) is 32.4 Å². The summed E-state index contributed by atoms with van der Waals surface area (Å²) in [6, 6.07) is 9.98. The van der Waals surface area contributed by atoms with Crippen molar-refractivity contribution in [2.24, 2.45) is 0 Å². The van der Waals surface area contributed by atoms with E-state index in [4.69, 9.17) is 20.8 Å². The fourth-order valence-corrected chi connectivity index (χ4v) is 2.72. The molecular weight excluding hydrogens is 286 g/mol. The van der Waals surface area contributed by atoms with Crippen LogP contribution in [0.5, 0.6) is 0 Å². The Hall–Kier alpha value is -1.29. The van der Waals surface area contributed by atoms with Crippen molar-refractivity contribution in [3.63, 3.8) is 0 Å². The van der Waals surface area contributed by atoms with Crippen LogP contribution in [0.2, 0.25) is 5.02 Å². The summed E-state index contributed by atoms with van der Waals surface area (Å²) in [6.07, 6.45) is 2.68. The highest BCUT2D eigenvalue weighted by Gasteiger charge is 2.14. The van der Waals surface area contributed by atoms with E-state index in [0.717, 1.165) is 53.8 Å². The number of hydrogen-bond acceptors (Lipinski definition) is 3. The Morgan fingerprint density at radius 3 is 2.95 bits per heavy atom. The minimum atomic E-state index is 0.357. The zero-order valence-electron chi connectivity index (χ0n) is 12.2. The highest BCUT2D eigenvalue weighted by atomic mass is 35.5. The van der Waals surface area contributed by atoms with Crippen LogP contribution in [0.3, 0.4) is 0 Å². The number of ether oxygens (including phenoxy) is 1. The average molecular weight is 306 g/mol. The molecule has 112 valence electrons. The second-order valence-electron chi connectivity index (χ2n) is 5.50. The molecule has 0 bridgehead atoms. The van der Waals surface area contributed by atoms with Gasteiger partial charge in [-0.3, -0.25) is 0 Å². The van der Waals surface area contributed by atoms with Crippen LogP contribution in [0, 0.1) is 6.92 Å². The Morgan fingerprint density at radius 1 is 1.29 bits per heavy atom. The number of furan rings is 1. The molecule has 21 heavy (non-hydrogen) atoms. The second-order valence-corrected chi connectivity index (χ2v) is 5.90. The molecule has 2 aromatic rings. The smallest absolute Gasteiger partial charge is 0.134 e. The largest absolute Gasteiger partial charge is 0.460 e. The summed E-state index contributed by atoms with van der Waals surface area (Å²) in [5.74, 6) is 1.78. The summed E-state index contributed by atoms with van der Waals surface area (Å²) >= 11 is 6.16. The highest BCUT2D eigenvalue weighted by molar-refractivity contribution is 6.31. The topological polar surface area (TPSA) is 34.4 Å². The maximum Gasteiger partial charge on any atom is 0.134 e.